The van der Waals surface area contributed by atoms with Crippen molar-refractivity contribution in [3.05, 3.63) is 39.6 Å². The lowest BCUT2D eigenvalue weighted by atomic mass is 10.1. The molecule has 0 saturated carbocycles. The highest BCUT2D eigenvalue weighted by Gasteiger charge is 2.18. The van der Waals surface area contributed by atoms with Crippen molar-refractivity contribution in [3.8, 4) is 17.0 Å². The lowest BCUT2D eigenvalue weighted by molar-refractivity contribution is 0.453. The molecule has 0 spiro atoms. The molecule has 1 aliphatic rings. The molecule has 104 valence electrons. The van der Waals surface area contributed by atoms with Crippen LogP contribution in [0.1, 0.15) is 12.8 Å². The van der Waals surface area contributed by atoms with Gasteiger partial charge in [0.1, 0.15) is 5.56 Å². The SMILES string of the molecule is O=c1[nH]c(N2CCCC2)nc(O)c1-c1ccc(Cl)cc1. The molecule has 1 aromatic carbocycles. The third kappa shape index (κ3) is 2.36. The predicted octanol–water partition coefficient (Wildman–Crippen LogP) is 2.40. The number of rotatable bonds is 2. The summed E-state index contributed by atoms with van der Waals surface area (Å²) in [6.07, 6.45) is 2.15. The molecule has 1 aromatic heterocycles. The van der Waals surface area contributed by atoms with Gasteiger partial charge < -0.3 is 10.0 Å². The van der Waals surface area contributed by atoms with E-state index in [1.807, 2.05) is 4.90 Å². The topological polar surface area (TPSA) is 69.2 Å². The average molecular weight is 292 g/mol. The molecule has 5 nitrogen and oxygen atoms in total. The summed E-state index contributed by atoms with van der Waals surface area (Å²) in [6.45, 7) is 1.70. The van der Waals surface area contributed by atoms with Gasteiger partial charge in [0.15, 0.2) is 0 Å². The van der Waals surface area contributed by atoms with E-state index in [1.54, 1.807) is 24.3 Å². The zero-order valence-electron chi connectivity index (χ0n) is 10.8. The molecule has 0 amide bonds. The third-order valence-electron chi connectivity index (χ3n) is 3.43. The van der Waals surface area contributed by atoms with Gasteiger partial charge in [-0.15, -0.1) is 0 Å². The van der Waals surface area contributed by atoms with Crippen molar-refractivity contribution >= 4 is 17.5 Å². The Morgan fingerprint density at radius 3 is 2.45 bits per heavy atom. The number of nitrogens with zero attached hydrogens (tertiary/aromatic N) is 2. The highest BCUT2D eigenvalue weighted by atomic mass is 35.5. The molecule has 2 aromatic rings. The van der Waals surface area contributed by atoms with Gasteiger partial charge in [-0.3, -0.25) is 9.78 Å². The molecule has 2 heterocycles. The van der Waals surface area contributed by atoms with Crippen molar-refractivity contribution in [1.29, 1.82) is 0 Å². The van der Waals surface area contributed by atoms with E-state index in [1.165, 1.54) is 0 Å². The molecule has 1 fully saturated rings. The molecular weight excluding hydrogens is 278 g/mol. The maximum atomic E-state index is 12.2. The lowest BCUT2D eigenvalue weighted by Crippen LogP contribution is -2.24. The van der Waals surface area contributed by atoms with E-state index in [9.17, 15) is 9.90 Å². The minimum Gasteiger partial charge on any atom is -0.493 e. The first-order valence-electron chi connectivity index (χ1n) is 6.49. The fourth-order valence-electron chi connectivity index (χ4n) is 2.41. The first-order valence-corrected chi connectivity index (χ1v) is 6.87. The summed E-state index contributed by atoms with van der Waals surface area (Å²) in [5.74, 6) is 0.181. The number of halogens is 1. The van der Waals surface area contributed by atoms with Crippen LogP contribution in [0.15, 0.2) is 29.1 Å². The third-order valence-corrected chi connectivity index (χ3v) is 3.68. The Labute approximate surface area is 120 Å². The Hall–Kier alpha value is -2.01. The smallest absolute Gasteiger partial charge is 0.264 e. The Bertz CT molecular complexity index is 676. The van der Waals surface area contributed by atoms with Gasteiger partial charge in [-0.05, 0) is 30.5 Å². The van der Waals surface area contributed by atoms with Crippen LogP contribution in [0.25, 0.3) is 11.1 Å². The highest BCUT2D eigenvalue weighted by Crippen LogP contribution is 2.26. The summed E-state index contributed by atoms with van der Waals surface area (Å²) in [7, 11) is 0. The number of nitrogens with one attached hydrogen (secondary N) is 1. The Balaban J connectivity index is 2.04. The van der Waals surface area contributed by atoms with E-state index in [2.05, 4.69) is 9.97 Å². The second-order valence-corrected chi connectivity index (χ2v) is 5.23. The molecule has 0 radical (unpaired) electrons. The summed E-state index contributed by atoms with van der Waals surface area (Å²) in [6, 6.07) is 6.71. The van der Waals surface area contributed by atoms with Crippen LogP contribution in [0.5, 0.6) is 5.88 Å². The summed E-state index contributed by atoms with van der Waals surface area (Å²) in [5.41, 5.74) is 0.417. The van der Waals surface area contributed by atoms with Gasteiger partial charge in [0.05, 0.1) is 0 Å². The van der Waals surface area contributed by atoms with E-state index in [4.69, 9.17) is 11.6 Å². The summed E-state index contributed by atoms with van der Waals surface area (Å²) in [5, 5.41) is 10.6. The summed E-state index contributed by atoms with van der Waals surface area (Å²) in [4.78, 5) is 21.0. The fourth-order valence-corrected chi connectivity index (χ4v) is 2.53. The molecular formula is C14H14ClN3O2. The Morgan fingerprint density at radius 2 is 1.85 bits per heavy atom. The normalized spacial score (nSPS) is 14.8. The molecule has 0 unspecified atom stereocenters. The van der Waals surface area contributed by atoms with Crippen molar-refractivity contribution in [3.63, 3.8) is 0 Å². The predicted molar refractivity (Wildman–Crippen MR) is 78.4 cm³/mol. The molecule has 1 saturated heterocycles. The molecule has 0 aliphatic carbocycles. The van der Waals surface area contributed by atoms with Crippen LogP contribution in [0.2, 0.25) is 5.02 Å². The van der Waals surface area contributed by atoms with E-state index in [-0.39, 0.29) is 17.0 Å². The van der Waals surface area contributed by atoms with E-state index >= 15 is 0 Å². The molecule has 0 atom stereocenters. The quantitative estimate of drug-likeness (QED) is 0.891. The van der Waals surface area contributed by atoms with Gasteiger partial charge in [-0.25, -0.2) is 0 Å². The number of hydrogen-bond donors (Lipinski definition) is 2. The van der Waals surface area contributed by atoms with Crippen molar-refractivity contribution in [2.24, 2.45) is 0 Å². The molecule has 1 aliphatic heterocycles. The van der Waals surface area contributed by atoms with Crippen LogP contribution in [0.4, 0.5) is 5.95 Å². The lowest BCUT2D eigenvalue weighted by Gasteiger charge is -2.16. The second kappa shape index (κ2) is 5.17. The highest BCUT2D eigenvalue weighted by molar-refractivity contribution is 6.30. The van der Waals surface area contributed by atoms with Crippen LogP contribution < -0.4 is 10.5 Å². The van der Waals surface area contributed by atoms with Crippen LogP contribution >= 0.6 is 11.6 Å². The standard InChI is InChI=1S/C14H14ClN3O2/c15-10-5-3-9(4-6-10)11-12(19)16-14(17-13(11)20)18-7-1-2-8-18/h3-6H,1-2,7-8H2,(H2,16,17,19,20). The van der Waals surface area contributed by atoms with Gasteiger partial charge in [-0.2, -0.15) is 4.98 Å². The summed E-state index contributed by atoms with van der Waals surface area (Å²) >= 11 is 5.82. The molecule has 0 bridgehead atoms. The van der Waals surface area contributed by atoms with Gasteiger partial charge in [0, 0.05) is 18.1 Å². The van der Waals surface area contributed by atoms with Crippen molar-refractivity contribution in [1.82, 2.24) is 9.97 Å². The monoisotopic (exact) mass is 291 g/mol. The van der Waals surface area contributed by atoms with E-state index < -0.39 is 0 Å². The van der Waals surface area contributed by atoms with Crippen molar-refractivity contribution < 1.29 is 5.11 Å². The summed E-state index contributed by atoms with van der Waals surface area (Å²) < 4.78 is 0. The first-order chi connectivity index (χ1) is 9.65. The van der Waals surface area contributed by atoms with Gasteiger partial charge in [-0.1, -0.05) is 23.7 Å². The van der Waals surface area contributed by atoms with Crippen LogP contribution in [-0.4, -0.2) is 28.2 Å². The fraction of sp³-hybridized carbons (Fsp3) is 0.286. The maximum Gasteiger partial charge on any atom is 0.264 e. The van der Waals surface area contributed by atoms with Crippen LogP contribution in [0, 0.1) is 0 Å². The van der Waals surface area contributed by atoms with Gasteiger partial charge in [0.25, 0.3) is 5.56 Å². The van der Waals surface area contributed by atoms with E-state index in [0.29, 0.717) is 16.5 Å². The molecule has 6 heteroatoms. The largest absolute Gasteiger partial charge is 0.493 e. The van der Waals surface area contributed by atoms with Gasteiger partial charge >= 0.3 is 0 Å². The Kier molecular flexibility index (Phi) is 3.36. The number of benzene rings is 1. The first kappa shape index (κ1) is 13.0. The Morgan fingerprint density at radius 1 is 1.20 bits per heavy atom. The zero-order valence-corrected chi connectivity index (χ0v) is 11.5. The molecule has 20 heavy (non-hydrogen) atoms. The molecule has 2 N–H and O–H groups in total. The number of aromatic amines is 1. The number of aromatic nitrogens is 2. The van der Waals surface area contributed by atoms with Gasteiger partial charge in [0.2, 0.25) is 11.8 Å². The second-order valence-electron chi connectivity index (χ2n) is 4.79. The minimum absolute atomic E-state index is 0.171. The molecule has 3 rings (SSSR count). The van der Waals surface area contributed by atoms with Crippen LogP contribution in [-0.2, 0) is 0 Å². The number of hydrogen-bond acceptors (Lipinski definition) is 4. The number of aromatic hydroxyl groups is 1. The number of H-pyrrole nitrogens is 1. The van der Waals surface area contributed by atoms with E-state index in [0.717, 1.165) is 25.9 Å². The average Bonchev–Trinajstić information content (AvgIpc) is 2.94. The minimum atomic E-state index is -0.346. The van der Waals surface area contributed by atoms with Crippen LogP contribution in [0.3, 0.4) is 0 Å². The van der Waals surface area contributed by atoms with Crippen molar-refractivity contribution in [2.45, 2.75) is 12.8 Å². The number of anilines is 1. The van der Waals surface area contributed by atoms with Crippen molar-refractivity contribution in [2.75, 3.05) is 18.0 Å². The maximum absolute atomic E-state index is 12.2. The zero-order chi connectivity index (χ0) is 14.1.